The number of nitrogens with zero attached hydrogens (tertiary/aromatic N) is 1. The van der Waals surface area contributed by atoms with Gasteiger partial charge in [0.15, 0.2) is 0 Å². The Labute approximate surface area is 149 Å². The summed E-state index contributed by atoms with van der Waals surface area (Å²) in [6.45, 7) is 10.2. The predicted octanol–water partition coefficient (Wildman–Crippen LogP) is 5.65. The monoisotopic (exact) mass is 343 g/mol. The molecule has 0 N–H and O–H groups in total. The summed E-state index contributed by atoms with van der Waals surface area (Å²) in [6.07, 6.45) is 1.23. The van der Waals surface area contributed by atoms with Crippen molar-refractivity contribution in [2.45, 2.75) is 40.2 Å². The van der Waals surface area contributed by atoms with Gasteiger partial charge >= 0.3 is 0 Å². The molecule has 0 radical (unpaired) electrons. The maximum atomic E-state index is 13.8. The van der Waals surface area contributed by atoms with Gasteiger partial charge in [-0.15, -0.1) is 0 Å². The van der Waals surface area contributed by atoms with Gasteiger partial charge in [-0.05, 0) is 66.5 Å². The van der Waals surface area contributed by atoms with E-state index in [2.05, 4.69) is 18.7 Å². The fourth-order valence-electron chi connectivity index (χ4n) is 4.21. The Morgan fingerprint density at radius 2 is 1.28 bits per heavy atom. The molecule has 1 saturated heterocycles. The first-order chi connectivity index (χ1) is 11.8. The summed E-state index contributed by atoms with van der Waals surface area (Å²) in [6, 6.07) is 10.7. The average molecular weight is 343 g/mol. The molecule has 1 nitrogen and oxygen atoms in total. The Hall–Kier alpha value is -1.74. The lowest BCUT2D eigenvalue weighted by atomic mass is 9.87. The summed E-state index contributed by atoms with van der Waals surface area (Å²) in [5.74, 6) is 0.875. The van der Waals surface area contributed by atoms with Crippen LogP contribution >= 0.6 is 0 Å². The molecule has 1 aliphatic rings. The third-order valence-corrected chi connectivity index (χ3v) is 5.26. The van der Waals surface area contributed by atoms with E-state index >= 15 is 0 Å². The number of aryl methyl sites for hydroxylation is 2. The highest BCUT2D eigenvalue weighted by molar-refractivity contribution is 5.37. The van der Waals surface area contributed by atoms with Gasteiger partial charge < -0.3 is 0 Å². The Kier molecular flexibility index (Phi) is 5.24. The van der Waals surface area contributed by atoms with Gasteiger partial charge in [-0.1, -0.05) is 38.1 Å². The van der Waals surface area contributed by atoms with Gasteiger partial charge in [0.25, 0.3) is 0 Å². The molecule has 0 aliphatic carbocycles. The molecule has 2 atom stereocenters. The lowest BCUT2D eigenvalue weighted by molar-refractivity contribution is 0.111. The van der Waals surface area contributed by atoms with E-state index < -0.39 is 0 Å². The minimum atomic E-state index is -0.182. The third kappa shape index (κ3) is 3.92. The van der Waals surface area contributed by atoms with Crippen LogP contribution in [-0.2, 0) is 0 Å². The van der Waals surface area contributed by atoms with Crippen molar-refractivity contribution in [1.82, 2.24) is 4.90 Å². The van der Waals surface area contributed by atoms with Gasteiger partial charge in [0.1, 0.15) is 11.6 Å². The smallest absolute Gasteiger partial charge is 0.126 e. The molecule has 2 aromatic carbocycles. The van der Waals surface area contributed by atoms with E-state index in [4.69, 9.17) is 0 Å². The minimum Gasteiger partial charge on any atom is -0.292 e. The molecule has 0 bridgehead atoms. The van der Waals surface area contributed by atoms with Gasteiger partial charge in [-0.25, -0.2) is 8.78 Å². The summed E-state index contributed by atoms with van der Waals surface area (Å²) < 4.78 is 27.6. The summed E-state index contributed by atoms with van der Waals surface area (Å²) in [5, 5.41) is 0. The van der Waals surface area contributed by atoms with Crippen LogP contribution in [0.1, 0.15) is 48.6 Å². The molecule has 2 unspecified atom stereocenters. The molecular formula is C22H27F2N. The zero-order valence-corrected chi connectivity index (χ0v) is 15.5. The number of benzene rings is 2. The van der Waals surface area contributed by atoms with Crippen molar-refractivity contribution in [3.05, 3.63) is 70.3 Å². The van der Waals surface area contributed by atoms with E-state index in [-0.39, 0.29) is 17.7 Å². The van der Waals surface area contributed by atoms with E-state index in [0.717, 1.165) is 24.2 Å². The molecular weight excluding hydrogens is 316 g/mol. The van der Waals surface area contributed by atoms with Gasteiger partial charge in [0.05, 0.1) is 6.04 Å². The van der Waals surface area contributed by atoms with E-state index in [9.17, 15) is 8.78 Å². The SMILES string of the molecule is Cc1cc(C(c2ccc(F)c(C)c2)N2CC(C)CC(C)C2)ccc1F. The molecule has 0 amide bonds. The Morgan fingerprint density at radius 1 is 0.840 bits per heavy atom. The van der Waals surface area contributed by atoms with Crippen LogP contribution in [0.2, 0.25) is 0 Å². The first-order valence-corrected chi connectivity index (χ1v) is 9.11. The topological polar surface area (TPSA) is 3.24 Å². The molecule has 1 heterocycles. The Bertz CT molecular complexity index is 694. The van der Waals surface area contributed by atoms with Crippen molar-refractivity contribution >= 4 is 0 Å². The Balaban J connectivity index is 2.06. The molecule has 0 aromatic heterocycles. The zero-order chi connectivity index (χ0) is 18.1. The maximum absolute atomic E-state index is 13.8. The normalized spacial score (nSPS) is 21.7. The van der Waals surface area contributed by atoms with Crippen molar-refractivity contribution in [1.29, 1.82) is 0 Å². The van der Waals surface area contributed by atoms with E-state index in [0.29, 0.717) is 23.0 Å². The first kappa shape index (κ1) is 18.1. The predicted molar refractivity (Wildman–Crippen MR) is 98.6 cm³/mol. The fourth-order valence-corrected chi connectivity index (χ4v) is 4.21. The molecule has 1 aliphatic heterocycles. The second-order valence-corrected chi connectivity index (χ2v) is 7.82. The van der Waals surface area contributed by atoms with Crippen LogP contribution in [0.4, 0.5) is 8.78 Å². The van der Waals surface area contributed by atoms with Crippen LogP contribution in [0.3, 0.4) is 0 Å². The summed E-state index contributed by atoms with van der Waals surface area (Å²) >= 11 is 0. The molecule has 3 heteroatoms. The number of halogens is 2. The highest BCUT2D eigenvalue weighted by Crippen LogP contribution is 2.35. The van der Waals surface area contributed by atoms with Gasteiger partial charge in [0.2, 0.25) is 0 Å². The molecule has 3 rings (SSSR count). The van der Waals surface area contributed by atoms with Crippen LogP contribution in [0.25, 0.3) is 0 Å². The van der Waals surface area contributed by atoms with E-state index in [1.165, 1.54) is 6.42 Å². The highest BCUT2D eigenvalue weighted by atomic mass is 19.1. The quantitative estimate of drug-likeness (QED) is 0.696. The van der Waals surface area contributed by atoms with Gasteiger partial charge in [0, 0.05) is 13.1 Å². The van der Waals surface area contributed by atoms with Crippen molar-refractivity contribution in [2.75, 3.05) is 13.1 Å². The minimum absolute atomic E-state index is 0.0313. The number of likely N-dealkylation sites (tertiary alicyclic amines) is 1. The number of hydrogen-bond acceptors (Lipinski definition) is 1. The summed E-state index contributed by atoms with van der Waals surface area (Å²) in [5.41, 5.74) is 3.45. The molecule has 0 spiro atoms. The van der Waals surface area contributed by atoms with Crippen LogP contribution < -0.4 is 0 Å². The standard InChI is InChI=1S/C22H27F2N/c1-14-9-15(2)13-25(12-14)22(18-5-7-20(23)16(3)10-18)19-6-8-21(24)17(4)11-19/h5-8,10-11,14-15,22H,9,12-13H2,1-4H3. The van der Waals surface area contributed by atoms with Crippen LogP contribution in [0.5, 0.6) is 0 Å². The Morgan fingerprint density at radius 3 is 1.68 bits per heavy atom. The zero-order valence-electron chi connectivity index (χ0n) is 15.5. The van der Waals surface area contributed by atoms with Crippen molar-refractivity contribution in [3.63, 3.8) is 0 Å². The second-order valence-electron chi connectivity index (χ2n) is 7.82. The number of piperidine rings is 1. The van der Waals surface area contributed by atoms with E-state index in [1.54, 1.807) is 26.0 Å². The molecule has 25 heavy (non-hydrogen) atoms. The average Bonchev–Trinajstić information content (AvgIpc) is 2.53. The van der Waals surface area contributed by atoms with E-state index in [1.807, 2.05) is 24.3 Å². The molecule has 134 valence electrons. The van der Waals surface area contributed by atoms with Crippen LogP contribution in [0.15, 0.2) is 36.4 Å². The fraction of sp³-hybridized carbons (Fsp3) is 0.455. The maximum Gasteiger partial charge on any atom is 0.126 e. The second kappa shape index (κ2) is 7.25. The third-order valence-electron chi connectivity index (χ3n) is 5.26. The number of rotatable bonds is 3. The van der Waals surface area contributed by atoms with Crippen molar-refractivity contribution < 1.29 is 8.78 Å². The molecule has 1 fully saturated rings. The highest BCUT2D eigenvalue weighted by Gasteiger charge is 2.30. The van der Waals surface area contributed by atoms with Crippen molar-refractivity contribution in [2.24, 2.45) is 11.8 Å². The van der Waals surface area contributed by atoms with Gasteiger partial charge in [-0.2, -0.15) is 0 Å². The molecule has 0 saturated carbocycles. The van der Waals surface area contributed by atoms with Crippen LogP contribution in [-0.4, -0.2) is 18.0 Å². The van der Waals surface area contributed by atoms with Gasteiger partial charge in [-0.3, -0.25) is 4.90 Å². The summed E-state index contributed by atoms with van der Waals surface area (Å²) in [7, 11) is 0. The van der Waals surface area contributed by atoms with Crippen molar-refractivity contribution in [3.8, 4) is 0 Å². The molecule has 2 aromatic rings. The largest absolute Gasteiger partial charge is 0.292 e. The summed E-state index contributed by atoms with van der Waals surface area (Å²) in [4.78, 5) is 2.47. The lowest BCUT2D eigenvalue weighted by Crippen LogP contribution is -2.41. The van der Waals surface area contributed by atoms with Crippen LogP contribution in [0, 0.1) is 37.3 Å². The number of hydrogen-bond donors (Lipinski definition) is 0. The lowest BCUT2D eigenvalue weighted by Gasteiger charge is -2.41. The first-order valence-electron chi connectivity index (χ1n) is 9.11.